The summed E-state index contributed by atoms with van der Waals surface area (Å²) in [6.07, 6.45) is 1.19. The first-order valence-corrected chi connectivity index (χ1v) is 7.22. The number of hydrogen-bond donors (Lipinski definition) is 1. The molecule has 1 aliphatic rings. The van der Waals surface area contributed by atoms with Crippen LogP contribution in [0.1, 0.15) is 32.8 Å². The van der Waals surface area contributed by atoms with Crippen LogP contribution in [0.4, 0.5) is 0 Å². The van der Waals surface area contributed by atoms with Gasteiger partial charge in [0.15, 0.2) is 11.5 Å². The van der Waals surface area contributed by atoms with Crippen molar-refractivity contribution in [1.82, 2.24) is 5.32 Å². The SMILES string of the molecule is CCC(C)C(C)NCc1cc(Br)c2c(c1)OCO2. The van der Waals surface area contributed by atoms with Crippen molar-refractivity contribution in [3.05, 3.63) is 22.2 Å². The highest BCUT2D eigenvalue weighted by Crippen LogP contribution is 2.39. The number of halogens is 1. The molecule has 0 bridgehead atoms. The number of hydrogen-bond acceptors (Lipinski definition) is 3. The van der Waals surface area contributed by atoms with Gasteiger partial charge in [0.1, 0.15) is 0 Å². The highest BCUT2D eigenvalue weighted by molar-refractivity contribution is 9.10. The van der Waals surface area contributed by atoms with Crippen molar-refractivity contribution in [2.24, 2.45) is 5.92 Å². The second kappa shape index (κ2) is 5.93. The molecule has 0 aliphatic carbocycles. The Labute approximate surface area is 117 Å². The van der Waals surface area contributed by atoms with Gasteiger partial charge in [0.2, 0.25) is 6.79 Å². The average molecular weight is 314 g/mol. The van der Waals surface area contributed by atoms with E-state index in [2.05, 4.69) is 48.1 Å². The second-order valence-electron chi connectivity index (χ2n) is 4.87. The first-order chi connectivity index (χ1) is 8.61. The molecule has 2 rings (SSSR count). The largest absolute Gasteiger partial charge is 0.454 e. The van der Waals surface area contributed by atoms with Crippen molar-refractivity contribution in [3.8, 4) is 11.5 Å². The lowest BCUT2D eigenvalue weighted by molar-refractivity contribution is 0.173. The van der Waals surface area contributed by atoms with Gasteiger partial charge in [0.25, 0.3) is 0 Å². The molecule has 0 radical (unpaired) electrons. The molecule has 3 nitrogen and oxygen atoms in total. The lowest BCUT2D eigenvalue weighted by atomic mass is 10.0. The second-order valence-corrected chi connectivity index (χ2v) is 5.72. The van der Waals surface area contributed by atoms with Crippen LogP contribution in [-0.4, -0.2) is 12.8 Å². The highest BCUT2D eigenvalue weighted by atomic mass is 79.9. The van der Waals surface area contributed by atoms with Gasteiger partial charge in [-0.1, -0.05) is 20.3 Å². The van der Waals surface area contributed by atoms with E-state index in [1.54, 1.807) is 0 Å². The summed E-state index contributed by atoms with van der Waals surface area (Å²) < 4.78 is 11.8. The summed E-state index contributed by atoms with van der Waals surface area (Å²) in [4.78, 5) is 0. The Hall–Kier alpha value is -0.740. The fourth-order valence-corrected chi connectivity index (χ4v) is 2.56. The number of fused-ring (bicyclic) bond motifs is 1. The van der Waals surface area contributed by atoms with Gasteiger partial charge < -0.3 is 14.8 Å². The molecule has 0 fully saturated rings. The number of benzene rings is 1. The highest BCUT2D eigenvalue weighted by Gasteiger charge is 2.18. The third-order valence-corrected chi connectivity index (χ3v) is 4.20. The molecule has 0 amide bonds. The zero-order chi connectivity index (χ0) is 13.1. The smallest absolute Gasteiger partial charge is 0.231 e. The molecule has 1 heterocycles. The average Bonchev–Trinajstić information content (AvgIpc) is 2.83. The predicted octanol–water partition coefficient (Wildman–Crippen LogP) is 3.70. The number of nitrogens with one attached hydrogen (secondary N) is 1. The summed E-state index contributed by atoms with van der Waals surface area (Å²) in [7, 11) is 0. The quantitative estimate of drug-likeness (QED) is 0.899. The third kappa shape index (κ3) is 2.98. The standard InChI is InChI=1S/C14H20BrNO2/c1-4-9(2)10(3)16-7-11-5-12(15)14-13(6-11)17-8-18-14/h5-6,9-10,16H,4,7-8H2,1-3H3. The van der Waals surface area contributed by atoms with E-state index in [-0.39, 0.29) is 0 Å². The minimum Gasteiger partial charge on any atom is -0.454 e. The molecule has 1 aromatic carbocycles. The van der Waals surface area contributed by atoms with E-state index < -0.39 is 0 Å². The summed E-state index contributed by atoms with van der Waals surface area (Å²) in [6, 6.07) is 4.65. The van der Waals surface area contributed by atoms with Crippen LogP contribution in [0.25, 0.3) is 0 Å². The summed E-state index contributed by atoms with van der Waals surface area (Å²) in [5.41, 5.74) is 1.21. The normalized spacial score (nSPS) is 16.7. The molecule has 2 atom stereocenters. The molecule has 0 saturated carbocycles. The van der Waals surface area contributed by atoms with Gasteiger partial charge in [0.05, 0.1) is 4.47 Å². The maximum Gasteiger partial charge on any atom is 0.231 e. The summed E-state index contributed by atoms with van der Waals surface area (Å²) in [6.45, 7) is 7.89. The van der Waals surface area contributed by atoms with Gasteiger partial charge >= 0.3 is 0 Å². The first kappa shape index (κ1) is 13.7. The van der Waals surface area contributed by atoms with Gasteiger partial charge in [0, 0.05) is 12.6 Å². The monoisotopic (exact) mass is 313 g/mol. The molecule has 1 aliphatic heterocycles. The van der Waals surface area contributed by atoms with Gasteiger partial charge in [-0.2, -0.15) is 0 Å². The maximum absolute atomic E-state index is 5.42. The Morgan fingerprint density at radius 1 is 1.33 bits per heavy atom. The Morgan fingerprint density at radius 3 is 2.83 bits per heavy atom. The van der Waals surface area contributed by atoms with Crippen molar-refractivity contribution in [1.29, 1.82) is 0 Å². The van der Waals surface area contributed by atoms with E-state index in [9.17, 15) is 0 Å². The van der Waals surface area contributed by atoms with E-state index in [0.29, 0.717) is 18.8 Å². The topological polar surface area (TPSA) is 30.5 Å². The Kier molecular flexibility index (Phi) is 4.51. The summed E-state index contributed by atoms with van der Waals surface area (Å²) >= 11 is 3.51. The van der Waals surface area contributed by atoms with Gasteiger partial charge in [-0.3, -0.25) is 0 Å². The molecule has 0 spiro atoms. The van der Waals surface area contributed by atoms with E-state index in [0.717, 1.165) is 22.5 Å². The van der Waals surface area contributed by atoms with Crippen molar-refractivity contribution in [3.63, 3.8) is 0 Å². The lowest BCUT2D eigenvalue weighted by Crippen LogP contribution is -2.31. The van der Waals surface area contributed by atoms with Crippen LogP contribution in [0.15, 0.2) is 16.6 Å². The lowest BCUT2D eigenvalue weighted by Gasteiger charge is -2.20. The van der Waals surface area contributed by atoms with Crippen LogP contribution in [-0.2, 0) is 6.54 Å². The maximum atomic E-state index is 5.42. The van der Waals surface area contributed by atoms with Crippen LogP contribution in [0.3, 0.4) is 0 Å². The van der Waals surface area contributed by atoms with E-state index in [1.807, 2.05) is 6.07 Å². The number of rotatable bonds is 5. The molecule has 0 aromatic heterocycles. The van der Waals surface area contributed by atoms with Crippen LogP contribution in [0.5, 0.6) is 11.5 Å². The molecule has 1 N–H and O–H groups in total. The van der Waals surface area contributed by atoms with Crippen molar-refractivity contribution in [2.45, 2.75) is 39.8 Å². The molecule has 4 heteroatoms. The van der Waals surface area contributed by atoms with Crippen LogP contribution < -0.4 is 14.8 Å². The van der Waals surface area contributed by atoms with Crippen LogP contribution >= 0.6 is 15.9 Å². The molecular weight excluding hydrogens is 294 g/mol. The van der Waals surface area contributed by atoms with Crippen molar-refractivity contribution < 1.29 is 9.47 Å². The summed E-state index contributed by atoms with van der Waals surface area (Å²) in [5.74, 6) is 2.33. The van der Waals surface area contributed by atoms with E-state index in [1.165, 1.54) is 12.0 Å². The zero-order valence-corrected chi connectivity index (χ0v) is 12.7. The molecular formula is C14H20BrNO2. The van der Waals surface area contributed by atoms with Crippen molar-refractivity contribution >= 4 is 15.9 Å². The fraction of sp³-hybridized carbons (Fsp3) is 0.571. The van der Waals surface area contributed by atoms with Crippen LogP contribution in [0, 0.1) is 5.92 Å². The predicted molar refractivity (Wildman–Crippen MR) is 76.0 cm³/mol. The Morgan fingerprint density at radius 2 is 2.11 bits per heavy atom. The summed E-state index contributed by atoms with van der Waals surface area (Å²) in [5, 5.41) is 3.55. The van der Waals surface area contributed by atoms with Gasteiger partial charge in [-0.25, -0.2) is 0 Å². The number of ether oxygens (including phenoxy) is 2. The molecule has 1 aromatic rings. The minimum absolute atomic E-state index is 0.314. The molecule has 100 valence electrons. The first-order valence-electron chi connectivity index (χ1n) is 6.43. The molecule has 18 heavy (non-hydrogen) atoms. The molecule has 2 unspecified atom stereocenters. The van der Waals surface area contributed by atoms with Crippen molar-refractivity contribution in [2.75, 3.05) is 6.79 Å². The van der Waals surface area contributed by atoms with E-state index >= 15 is 0 Å². The van der Waals surface area contributed by atoms with E-state index in [4.69, 9.17) is 9.47 Å². The molecule has 0 saturated heterocycles. The van der Waals surface area contributed by atoms with Gasteiger partial charge in [-0.05, 0) is 46.5 Å². The third-order valence-electron chi connectivity index (χ3n) is 3.61. The zero-order valence-electron chi connectivity index (χ0n) is 11.1. The minimum atomic E-state index is 0.314. The Balaban J connectivity index is 2.00. The fourth-order valence-electron chi connectivity index (χ4n) is 1.96. The Bertz CT molecular complexity index is 423. The van der Waals surface area contributed by atoms with Crippen LogP contribution in [0.2, 0.25) is 0 Å². The van der Waals surface area contributed by atoms with Gasteiger partial charge in [-0.15, -0.1) is 0 Å².